The summed E-state index contributed by atoms with van der Waals surface area (Å²) in [4.78, 5) is 2.45. The van der Waals surface area contributed by atoms with Gasteiger partial charge in [0.1, 0.15) is 0 Å². The third kappa shape index (κ3) is 4.79. The minimum absolute atomic E-state index is 0.550. The van der Waals surface area contributed by atoms with E-state index in [0.717, 1.165) is 17.1 Å². The second kappa shape index (κ2) is 13.0. The molecule has 2 heteroatoms. The lowest BCUT2D eigenvalue weighted by Gasteiger charge is -2.39. The van der Waals surface area contributed by atoms with Crippen molar-refractivity contribution in [3.63, 3.8) is 0 Å². The van der Waals surface area contributed by atoms with Crippen molar-refractivity contribution in [2.45, 2.75) is 5.41 Å². The average molecular weight is 775 g/mol. The summed E-state index contributed by atoms with van der Waals surface area (Å²) in [6, 6.07) is 85.3. The Morgan fingerprint density at radius 2 is 0.803 bits per heavy atom. The van der Waals surface area contributed by atoms with Crippen molar-refractivity contribution in [1.82, 2.24) is 4.57 Å². The Bertz CT molecular complexity index is 3360. The van der Waals surface area contributed by atoms with Gasteiger partial charge in [0.05, 0.1) is 16.4 Å². The molecule has 1 spiro atoms. The Hall–Kier alpha value is -7.94. The van der Waals surface area contributed by atoms with Crippen molar-refractivity contribution in [3.8, 4) is 39.1 Å². The fraction of sp³-hybridized carbons (Fsp3) is 0.0169. The fourth-order valence-corrected chi connectivity index (χ4v) is 10.9. The van der Waals surface area contributed by atoms with Crippen LogP contribution in [-0.2, 0) is 5.41 Å². The van der Waals surface area contributed by atoms with Gasteiger partial charge in [0.25, 0.3) is 0 Å². The molecule has 13 rings (SSSR count). The molecule has 10 aromatic carbocycles. The Morgan fingerprint density at radius 3 is 1.39 bits per heavy atom. The third-order valence-corrected chi connectivity index (χ3v) is 13.4. The number of anilines is 3. The van der Waals surface area contributed by atoms with Crippen LogP contribution < -0.4 is 4.90 Å². The molecule has 0 radical (unpaired) electrons. The molecule has 1 aromatic heterocycles. The fourth-order valence-electron chi connectivity index (χ4n) is 10.9. The second-order valence-corrected chi connectivity index (χ2v) is 16.4. The van der Waals surface area contributed by atoms with E-state index in [0.29, 0.717) is 0 Å². The molecular weight excluding hydrogens is 737 g/mol. The number of fused-ring (bicyclic) bond motifs is 7. The van der Waals surface area contributed by atoms with Crippen molar-refractivity contribution >= 4 is 49.6 Å². The lowest BCUT2D eigenvalue weighted by Crippen LogP contribution is -2.31. The predicted octanol–water partition coefficient (Wildman–Crippen LogP) is 15.4. The van der Waals surface area contributed by atoms with Gasteiger partial charge < -0.3 is 9.47 Å². The van der Waals surface area contributed by atoms with Gasteiger partial charge in [-0.3, -0.25) is 0 Å². The van der Waals surface area contributed by atoms with E-state index in [1.54, 1.807) is 0 Å². The van der Waals surface area contributed by atoms with Gasteiger partial charge in [-0.2, -0.15) is 0 Å². The molecule has 0 amide bonds. The van der Waals surface area contributed by atoms with Gasteiger partial charge in [0, 0.05) is 33.5 Å². The summed E-state index contributed by atoms with van der Waals surface area (Å²) in [6.07, 6.45) is 0. The van der Waals surface area contributed by atoms with E-state index in [4.69, 9.17) is 0 Å². The molecule has 0 N–H and O–H groups in total. The van der Waals surface area contributed by atoms with Crippen LogP contribution in [0.15, 0.2) is 231 Å². The lowest BCUT2D eigenvalue weighted by molar-refractivity contribution is 0.783. The summed E-state index contributed by atoms with van der Waals surface area (Å²) in [5.74, 6) is 0. The van der Waals surface area contributed by atoms with Crippen LogP contribution in [0.4, 0.5) is 17.1 Å². The highest BCUT2D eigenvalue weighted by Gasteiger charge is 2.50. The molecule has 0 unspecified atom stereocenters. The highest BCUT2D eigenvalue weighted by Crippen LogP contribution is 2.63. The molecule has 0 saturated carbocycles. The minimum Gasteiger partial charge on any atom is -0.310 e. The average Bonchev–Trinajstić information content (AvgIpc) is 3.83. The smallest absolute Gasteiger partial charge is 0.0727 e. The zero-order valence-corrected chi connectivity index (χ0v) is 33.3. The van der Waals surface area contributed by atoms with Crippen LogP contribution >= 0.6 is 0 Å². The molecule has 284 valence electrons. The van der Waals surface area contributed by atoms with Crippen LogP contribution in [-0.4, -0.2) is 4.57 Å². The first kappa shape index (κ1) is 34.0. The Kier molecular flexibility index (Phi) is 7.26. The quantitative estimate of drug-likeness (QED) is 0.163. The van der Waals surface area contributed by atoms with Gasteiger partial charge in [0.2, 0.25) is 0 Å². The number of para-hydroxylation sites is 1. The molecule has 1 heterocycles. The molecule has 0 fully saturated rings. The zero-order valence-electron chi connectivity index (χ0n) is 33.3. The molecule has 2 aliphatic carbocycles. The van der Waals surface area contributed by atoms with Crippen molar-refractivity contribution in [2.24, 2.45) is 0 Å². The van der Waals surface area contributed by atoms with Crippen LogP contribution in [0, 0.1) is 0 Å². The number of benzene rings is 10. The van der Waals surface area contributed by atoms with E-state index in [1.165, 1.54) is 93.9 Å². The van der Waals surface area contributed by atoms with Gasteiger partial charge in [-0.05, 0) is 127 Å². The monoisotopic (exact) mass is 774 g/mol. The van der Waals surface area contributed by atoms with Crippen molar-refractivity contribution < 1.29 is 0 Å². The van der Waals surface area contributed by atoms with E-state index in [2.05, 4.69) is 240 Å². The maximum absolute atomic E-state index is 2.53. The van der Waals surface area contributed by atoms with E-state index < -0.39 is 5.41 Å². The molecular formula is C59H38N2. The normalized spacial score (nSPS) is 13.0. The molecule has 61 heavy (non-hydrogen) atoms. The van der Waals surface area contributed by atoms with Crippen LogP contribution in [0.2, 0.25) is 0 Å². The highest BCUT2D eigenvalue weighted by atomic mass is 15.1. The van der Waals surface area contributed by atoms with E-state index in [-0.39, 0.29) is 0 Å². The van der Waals surface area contributed by atoms with Crippen molar-refractivity contribution in [2.75, 3.05) is 4.90 Å². The summed E-state index contributed by atoms with van der Waals surface area (Å²) in [6.45, 7) is 0. The summed E-state index contributed by atoms with van der Waals surface area (Å²) < 4.78 is 2.48. The molecule has 0 aliphatic heterocycles. The lowest BCUT2D eigenvalue weighted by atomic mass is 9.63. The topological polar surface area (TPSA) is 8.17 Å². The van der Waals surface area contributed by atoms with Gasteiger partial charge in [-0.25, -0.2) is 0 Å². The van der Waals surface area contributed by atoms with E-state index >= 15 is 0 Å². The first-order valence-corrected chi connectivity index (χ1v) is 21.2. The second-order valence-electron chi connectivity index (χ2n) is 16.4. The maximum Gasteiger partial charge on any atom is 0.0727 e. The first-order valence-electron chi connectivity index (χ1n) is 21.2. The summed E-state index contributed by atoms with van der Waals surface area (Å²) in [7, 11) is 0. The highest BCUT2D eigenvalue weighted by molar-refractivity contribution is 6.27. The van der Waals surface area contributed by atoms with Crippen molar-refractivity contribution in [3.05, 3.63) is 253 Å². The number of nitrogens with zero attached hydrogens (tertiary/aromatic N) is 2. The largest absolute Gasteiger partial charge is 0.310 e. The van der Waals surface area contributed by atoms with E-state index in [1.807, 2.05) is 0 Å². The molecule has 0 saturated heterocycles. The molecule has 0 bridgehead atoms. The predicted molar refractivity (Wildman–Crippen MR) is 255 cm³/mol. The molecule has 2 nitrogen and oxygen atoms in total. The van der Waals surface area contributed by atoms with Gasteiger partial charge in [-0.15, -0.1) is 0 Å². The van der Waals surface area contributed by atoms with Crippen LogP contribution in [0.5, 0.6) is 0 Å². The van der Waals surface area contributed by atoms with Gasteiger partial charge >= 0.3 is 0 Å². The molecule has 0 atom stereocenters. The molecule has 2 aliphatic rings. The zero-order chi connectivity index (χ0) is 40.1. The Morgan fingerprint density at radius 1 is 0.311 bits per heavy atom. The first-order chi connectivity index (χ1) is 30.3. The van der Waals surface area contributed by atoms with Gasteiger partial charge in [0.15, 0.2) is 0 Å². The Labute approximate surface area is 354 Å². The Balaban J connectivity index is 1.13. The van der Waals surface area contributed by atoms with Gasteiger partial charge in [-0.1, -0.05) is 170 Å². The standard InChI is InChI=1S/C59H38N2/c1-4-15-39(16-5-1)41-27-32-45(33-28-41)60(46-34-29-42(30-35-46)40-17-6-2-7-18-40)47-37-43-31-36-55-58-56(43)53(38-47)59(50-23-12-10-21-48(50)49-22-11-13-24-51(49)59)52-25-14-26-54(57(52)58)61(55)44-19-8-3-9-20-44/h1-38H. The van der Waals surface area contributed by atoms with Crippen molar-refractivity contribution in [1.29, 1.82) is 0 Å². The maximum atomic E-state index is 2.53. The number of aromatic nitrogens is 1. The van der Waals surface area contributed by atoms with E-state index in [9.17, 15) is 0 Å². The number of hydrogen-bond acceptors (Lipinski definition) is 1. The summed E-state index contributed by atoms with van der Waals surface area (Å²) >= 11 is 0. The summed E-state index contributed by atoms with van der Waals surface area (Å²) in [5.41, 5.74) is 19.2. The summed E-state index contributed by atoms with van der Waals surface area (Å²) in [5, 5.41) is 5.22. The molecule has 11 aromatic rings. The third-order valence-electron chi connectivity index (χ3n) is 13.4. The number of rotatable bonds is 6. The number of hydrogen-bond donors (Lipinski definition) is 0. The van der Waals surface area contributed by atoms with Crippen LogP contribution in [0.3, 0.4) is 0 Å². The van der Waals surface area contributed by atoms with Crippen LogP contribution in [0.1, 0.15) is 22.3 Å². The SMILES string of the molecule is c1ccc(-c2ccc(N(c3ccc(-c4ccccc4)cc3)c3cc4c5c(ccc6c5c5c(cccc5n6-c5ccccc5)C45c4ccccc4-c4ccccc45)c3)cc2)cc1. The van der Waals surface area contributed by atoms with Crippen LogP contribution in [0.25, 0.3) is 71.6 Å². The minimum atomic E-state index is -0.550.